The highest BCUT2D eigenvalue weighted by Gasteiger charge is 2.15. The molecule has 1 aromatic heterocycles. The van der Waals surface area contributed by atoms with Crippen LogP contribution in [0.15, 0.2) is 28.7 Å². The van der Waals surface area contributed by atoms with Crippen LogP contribution in [0.2, 0.25) is 8.67 Å². The van der Waals surface area contributed by atoms with Gasteiger partial charge in [-0.3, -0.25) is 4.79 Å². The zero-order valence-corrected chi connectivity index (χ0v) is 13.2. The molecule has 1 N–H and O–H groups in total. The first-order valence-electron chi connectivity index (χ1n) is 4.99. The number of hydrogen-bond donors (Lipinski definition) is 1. The molecule has 0 aliphatic rings. The van der Waals surface area contributed by atoms with Gasteiger partial charge in [-0.25, -0.2) is 0 Å². The summed E-state index contributed by atoms with van der Waals surface area (Å²) in [5.74, 6) is -0.271. The number of thiophene rings is 1. The van der Waals surface area contributed by atoms with Crippen LogP contribution in [0.3, 0.4) is 0 Å². The minimum atomic E-state index is -0.271. The average Bonchev–Trinajstić information content (AvgIpc) is 2.62. The van der Waals surface area contributed by atoms with Crippen molar-refractivity contribution in [1.29, 1.82) is 0 Å². The molecule has 0 bridgehead atoms. The second-order valence-electron chi connectivity index (χ2n) is 3.68. The molecule has 2 nitrogen and oxygen atoms in total. The summed E-state index contributed by atoms with van der Waals surface area (Å²) in [6, 6.07) is 7.24. The van der Waals surface area contributed by atoms with E-state index in [4.69, 9.17) is 23.2 Å². The largest absolute Gasteiger partial charge is 0.321 e. The van der Waals surface area contributed by atoms with Crippen LogP contribution in [0.4, 0.5) is 5.69 Å². The standard InChI is InChI=1S/C12H8BrCl2NOS/c1-6-2-3-9(8(13)4-6)16-12(17)7-5-10(14)18-11(7)15/h2-5H,1H3,(H,16,17). The Morgan fingerprint density at radius 3 is 2.61 bits per heavy atom. The molecule has 94 valence electrons. The summed E-state index contributed by atoms with van der Waals surface area (Å²) < 4.78 is 1.71. The third-order valence-electron chi connectivity index (χ3n) is 2.27. The van der Waals surface area contributed by atoms with Gasteiger partial charge in [-0.05, 0) is 46.6 Å². The number of nitrogens with one attached hydrogen (secondary N) is 1. The fraction of sp³-hybridized carbons (Fsp3) is 0.0833. The molecule has 18 heavy (non-hydrogen) atoms. The summed E-state index contributed by atoms with van der Waals surface area (Å²) in [7, 11) is 0. The quantitative estimate of drug-likeness (QED) is 0.761. The molecule has 1 amide bonds. The fourth-order valence-corrected chi connectivity index (χ4v) is 3.46. The summed E-state index contributed by atoms with van der Waals surface area (Å²) >= 11 is 16.3. The molecule has 0 spiro atoms. The molecule has 0 aliphatic heterocycles. The second kappa shape index (κ2) is 5.61. The number of carbonyl (C=O) groups excluding carboxylic acids is 1. The van der Waals surface area contributed by atoms with Gasteiger partial charge in [0.25, 0.3) is 5.91 Å². The smallest absolute Gasteiger partial charge is 0.258 e. The molecule has 0 atom stereocenters. The first-order valence-corrected chi connectivity index (χ1v) is 7.36. The van der Waals surface area contributed by atoms with Crippen molar-refractivity contribution in [2.45, 2.75) is 6.92 Å². The Morgan fingerprint density at radius 2 is 2.06 bits per heavy atom. The molecular weight excluding hydrogens is 357 g/mol. The van der Waals surface area contributed by atoms with Gasteiger partial charge in [-0.15, -0.1) is 11.3 Å². The Morgan fingerprint density at radius 1 is 1.33 bits per heavy atom. The van der Waals surface area contributed by atoms with Gasteiger partial charge in [0.05, 0.1) is 15.6 Å². The normalized spacial score (nSPS) is 10.4. The average molecular weight is 365 g/mol. The highest BCUT2D eigenvalue weighted by Crippen LogP contribution is 2.32. The molecule has 1 heterocycles. The Labute approximate surface area is 127 Å². The molecule has 2 rings (SSSR count). The van der Waals surface area contributed by atoms with Gasteiger partial charge in [0.2, 0.25) is 0 Å². The molecule has 0 fully saturated rings. The third kappa shape index (κ3) is 3.06. The lowest BCUT2D eigenvalue weighted by molar-refractivity contribution is 0.102. The van der Waals surface area contributed by atoms with Gasteiger partial charge >= 0.3 is 0 Å². The van der Waals surface area contributed by atoms with E-state index in [0.717, 1.165) is 10.0 Å². The summed E-state index contributed by atoms with van der Waals surface area (Å²) in [5.41, 5.74) is 2.19. The highest BCUT2D eigenvalue weighted by molar-refractivity contribution is 9.10. The maximum absolute atomic E-state index is 12.0. The van der Waals surface area contributed by atoms with Gasteiger partial charge in [-0.2, -0.15) is 0 Å². The molecule has 0 radical (unpaired) electrons. The van der Waals surface area contributed by atoms with E-state index >= 15 is 0 Å². The van der Waals surface area contributed by atoms with Crippen LogP contribution in [0.1, 0.15) is 15.9 Å². The highest BCUT2D eigenvalue weighted by atomic mass is 79.9. The van der Waals surface area contributed by atoms with Crippen LogP contribution >= 0.6 is 50.5 Å². The van der Waals surface area contributed by atoms with Crippen molar-refractivity contribution in [2.24, 2.45) is 0 Å². The van der Waals surface area contributed by atoms with Crippen molar-refractivity contribution >= 4 is 62.1 Å². The van der Waals surface area contributed by atoms with E-state index in [1.807, 2.05) is 25.1 Å². The predicted molar refractivity (Wildman–Crippen MR) is 81.2 cm³/mol. The molecule has 1 aromatic carbocycles. The molecule has 0 saturated heterocycles. The molecule has 0 aliphatic carbocycles. The number of aryl methyl sites for hydroxylation is 1. The maximum Gasteiger partial charge on any atom is 0.258 e. The Kier molecular flexibility index (Phi) is 4.33. The van der Waals surface area contributed by atoms with Crippen molar-refractivity contribution in [1.82, 2.24) is 0 Å². The van der Waals surface area contributed by atoms with E-state index in [-0.39, 0.29) is 5.91 Å². The van der Waals surface area contributed by atoms with Crippen molar-refractivity contribution in [3.8, 4) is 0 Å². The van der Waals surface area contributed by atoms with Crippen LogP contribution in [-0.4, -0.2) is 5.91 Å². The van der Waals surface area contributed by atoms with Gasteiger partial charge in [-0.1, -0.05) is 29.3 Å². The topological polar surface area (TPSA) is 29.1 Å². The number of benzene rings is 1. The van der Waals surface area contributed by atoms with Gasteiger partial charge in [0.15, 0.2) is 0 Å². The van der Waals surface area contributed by atoms with E-state index in [9.17, 15) is 4.79 Å². The second-order valence-corrected chi connectivity index (χ2v) is 6.82. The predicted octanol–water partition coefficient (Wildman–Crippen LogP) is 5.38. The Balaban J connectivity index is 2.24. The van der Waals surface area contributed by atoms with Gasteiger partial charge in [0, 0.05) is 4.47 Å². The molecule has 0 unspecified atom stereocenters. The lowest BCUT2D eigenvalue weighted by atomic mass is 10.2. The van der Waals surface area contributed by atoms with Gasteiger partial charge < -0.3 is 5.32 Å². The number of halogens is 3. The first kappa shape index (κ1) is 13.9. The number of rotatable bonds is 2. The van der Waals surface area contributed by atoms with Crippen molar-refractivity contribution in [2.75, 3.05) is 5.32 Å². The minimum Gasteiger partial charge on any atom is -0.321 e. The number of anilines is 1. The van der Waals surface area contributed by atoms with Crippen LogP contribution in [0, 0.1) is 6.92 Å². The molecular formula is C12H8BrCl2NOS. The SMILES string of the molecule is Cc1ccc(NC(=O)c2cc(Cl)sc2Cl)c(Br)c1. The summed E-state index contributed by atoms with van der Waals surface area (Å²) in [6.07, 6.45) is 0. The molecule has 0 saturated carbocycles. The van der Waals surface area contributed by atoms with Crippen LogP contribution in [0.25, 0.3) is 0 Å². The van der Waals surface area contributed by atoms with Crippen LogP contribution in [0.5, 0.6) is 0 Å². The van der Waals surface area contributed by atoms with Crippen molar-refractivity contribution in [3.63, 3.8) is 0 Å². The Bertz CT molecular complexity index is 612. The van der Waals surface area contributed by atoms with Crippen LogP contribution < -0.4 is 5.32 Å². The monoisotopic (exact) mass is 363 g/mol. The Hall–Kier alpha value is -0.550. The number of hydrogen-bond acceptors (Lipinski definition) is 2. The third-order valence-corrected chi connectivity index (χ3v) is 4.42. The maximum atomic E-state index is 12.0. The lowest BCUT2D eigenvalue weighted by Gasteiger charge is -2.07. The van der Waals surface area contributed by atoms with E-state index < -0.39 is 0 Å². The summed E-state index contributed by atoms with van der Waals surface area (Å²) in [5, 5.41) is 2.79. The van der Waals surface area contributed by atoms with E-state index in [0.29, 0.717) is 19.9 Å². The minimum absolute atomic E-state index is 0.271. The van der Waals surface area contributed by atoms with E-state index in [2.05, 4.69) is 21.2 Å². The van der Waals surface area contributed by atoms with Crippen molar-refractivity contribution < 1.29 is 4.79 Å². The number of carbonyl (C=O) groups is 1. The van der Waals surface area contributed by atoms with Crippen LogP contribution in [-0.2, 0) is 0 Å². The lowest BCUT2D eigenvalue weighted by Crippen LogP contribution is -2.11. The fourth-order valence-electron chi connectivity index (χ4n) is 1.41. The molecule has 6 heteroatoms. The first-order chi connectivity index (χ1) is 8.47. The van der Waals surface area contributed by atoms with E-state index in [1.165, 1.54) is 11.3 Å². The summed E-state index contributed by atoms with van der Waals surface area (Å²) in [4.78, 5) is 12.0. The number of amides is 1. The van der Waals surface area contributed by atoms with E-state index in [1.54, 1.807) is 6.07 Å². The van der Waals surface area contributed by atoms with Gasteiger partial charge in [0.1, 0.15) is 4.34 Å². The summed E-state index contributed by atoms with van der Waals surface area (Å²) in [6.45, 7) is 1.98. The zero-order chi connectivity index (χ0) is 13.3. The molecule has 2 aromatic rings. The van der Waals surface area contributed by atoms with Crippen molar-refractivity contribution in [3.05, 3.63) is 48.5 Å². The zero-order valence-electron chi connectivity index (χ0n) is 9.26.